The number of amides is 2. The Bertz CT molecular complexity index is 506. The second-order valence-corrected chi connectivity index (χ2v) is 5.63. The molecule has 0 atom stereocenters. The number of rotatable bonds is 5. The van der Waals surface area contributed by atoms with Gasteiger partial charge in [-0.25, -0.2) is 4.79 Å². The van der Waals surface area contributed by atoms with Gasteiger partial charge in [0.25, 0.3) is 0 Å². The van der Waals surface area contributed by atoms with E-state index in [1.165, 1.54) is 0 Å². The van der Waals surface area contributed by atoms with Gasteiger partial charge in [0.05, 0.1) is 17.7 Å². The van der Waals surface area contributed by atoms with Crippen molar-refractivity contribution in [1.82, 2.24) is 20.4 Å². The first kappa shape index (κ1) is 15.3. The van der Waals surface area contributed by atoms with Gasteiger partial charge < -0.3 is 15.7 Å². The Labute approximate surface area is 123 Å². The van der Waals surface area contributed by atoms with E-state index in [-0.39, 0.29) is 12.6 Å². The minimum atomic E-state index is -0.811. The van der Waals surface area contributed by atoms with E-state index in [4.69, 9.17) is 0 Å². The van der Waals surface area contributed by atoms with Crippen LogP contribution in [-0.4, -0.2) is 33.4 Å². The van der Waals surface area contributed by atoms with Crippen molar-refractivity contribution in [2.45, 2.75) is 38.6 Å². The molecule has 21 heavy (non-hydrogen) atoms. The van der Waals surface area contributed by atoms with Gasteiger partial charge in [-0.15, -0.1) is 0 Å². The molecule has 3 N–H and O–H groups in total. The second-order valence-electron chi connectivity index (χ2n) is 5.63. The normalized spacial score (nSPS) is 17.2. The van der Waals surface area contributed by atoms with Crippen molar-refractivity contribution in [3.8, 4) is 0 Å². The lowest BCUT2D eigenvalue weighted by Gasteiger charge is -2.33. The number of carbonyl (C=O) groups is 2. The van der Waals surface area contributed by atoms with E-state index in [0.717, 1.165) is 25.0 Å². The third-order valence-corrected chi connectivity index (χ3v) is 4.20. The molecular formula is C14H22N4O3. The fourth-order valence-corrected chi connectivity index (χ4v) is 2.75. The van der Waals surface area contributed by atoms with Crippen LogP contribution in [0.3, 0.4) is 0 Å². The number of aryl methyl sites for hydroxylation is 1. The fraction of sp³-hybridized carbons (Fsp3) is 0.643. The van der Waals surface area contributed by atoms with Crippen molar-refractivity contribution in [2.75, 3.05) is 6.54 Å². The molecule has 2 rings (SSSR count). The van der Waals surface area contributed by atoms with Crippen LogP contribution in [0.5, 0.6) is 0 Å². The lowest BCUT2D eigenvalue weighted by atomic mass is 9.74. The van der Waals surface area contributed by atoms with Crippen LogP contribution in [0.15, 0.2) is 12.3 Å². The molecule has 1 aliphatic rings. The SMILES string of the molecule is Cn1nccc1CNC(=O)NCC1(C(=O)O)CCCCC1. The van der Waals surface area contributed by atoms with Crippen molar-refractivity contribution in [2.24, 2.45) is 12.5 Å². The van der Waals surface area contributed by atoms with E-state index in [1.807, 2.05) is 6.07 Å². The first-order valence-corrected chi connectivity index (χ1v) is 7.25. The van der Waals surface area contributed by atoms with E-state index in [1.54, 1.807) is 17.9 Å². The highest BCUT2D eigenvalue weighted by atomic mass is 16.4. The number of nitrogens with one attached hydrogen (secondary N) is 2. The highest BCUT2D eigenvalue weighted by Gasteiger charge is 2.39. The average molecular weight is 294 g/mol. The lowest BCUT2D eigenvalue weighted by Crippen LogP contribution is -2.47. The maximum absolute atomic E-state index is 11.8. The minimum absolute atomic E-state index is 0.180. The van der Waals surface area contributed by atoms with Gasteiger partial charge in [0, 0.05) is 19.8 Å². The van der Waals surface area contributed by atoms with Crippen LogP contribution in [0.1, 0.15) is 37.8 Å². The summed E-state index contributed by atoms with van der Waals surface area (Å²) in [6.07, 6.45) is 5.81. The molecule has 2 amide bonds. The molecule has 0 radical (unpaired) electrons. The Hall–Kier alpha value is -2.05. The minimum Gasteiger partial charge on any atom is -0.481 e. The molecule has 0 aromatic carbocycles. The molecule has 0 spiro atoms. The summed E-state index contributed by atoms with van der Waals surface area (Å²) in [6.45, 7) is 0.544. The van der Waals surface area contributed by atoms with Crippen LogP contribution in [0.25, 0.3) is 0 Å². The summed E-state index contributed by atoms with van der Waals surface area (Å²) in [5.74, 6) is -0.811. The molecule has 0 unspecified atom stereocenters. The number of carboxylic acid groups (broad SMARTS) is 1. The van der Waals surface area contributed by atoms with Gasteiger partial charge in [-0.3, -0.25) is 9.48 Å². The summed E-state index contributed by atoms with van der Waals surface area (Å²) in [6, 6.07) is 1.47. The number of urea groups is 1. The van der Waals surface area contributed by atoms with Crippen LogP contribution < -0.4 is 10.6 Å². The molecule has 1 aliphatic carbocycles. The number of nitrogens with zero attached hydrogens (tertiary/aromatic N) is 2. The van der Waals surface area contributed by atoms with E-state index in [9.17, 15) is 14.7 Å². The monoisotopic (exact) mass is 294 g/mol. The van der Waals surface area contributed by atoms with Gasteiger partial charge >= 0.3 is 12.0 Å². The lowest BCUT2D eigenvalue weighted by molar-refractivity contribution is -0.150. The first-order valence-electron chi connectivity index (χ1n) is 7.25. The molecule has 0 saturated heterocycles. The van der Waals surface area contributed by atoms with E-state index < -0.39 is 11.4 Å². The highest BCUT2D eigenvalue weighted by Crippen LogP contribution is 2.35. The van der Waals surface area contributed by atoms with Gasteiger partial charge in [-0.2, -0.15) is 5.10 Å². The van der Waals surface area contributed by atoms with Crippen molar-refractivity contribution < 1.29 is 14.7 Å². The van der Waals surface area contributed by atoms with Crippen LogP contribution in [0, 0.1) is 5.41 Å². The number of carboxylic acids is 1. The Morgan fingerprint density at radius 1 is 1.33 bits per heavy atom. The van der Waals surface area contributed by atoms with E-state index in [0.29, 0.717) is 19.4 Å². The molecule has 7 nitrogen and oxygen atoms in total. The number of aromatic nitrogens is 2. The molecule has 1 fully saturated rings. The third kappa shape index (κ3) is 3.74. The Morgan fingerprint density at radius 3 is 2.62 bits per heavy atom. The largest absolute Gasteiger partial charge is 0.481 e. The van der Waals surface area contributed by atoms with Crippen molar-refractivity contribution >= 4 is 12.0 Å². The molecule has 1 saturated carbocycles. The Kier molecular flexibility index (Phi) is 4.82. The first-order chi connectivity index (χ1) is 10.0. The summed E-state index contributed by atoms with van der Waals surface area (Å²) in [7, 11) is 1.80. The quantitative estimate of drug-likeness (QED) is 0.761. The molecular weight excluding hydrogens is 272 g/mol. The molecule has 0 aliphatic heterocycles. The second kappa shape index (κ2) is 6.60. The summed E-state index contributed by atoms with van der Waals surface area (Å²) >= 11 is 0. The van der Waals surface area contributed by atoms with E-state index in [2.05, 4.69) is 15.7 Å². The summed E-state index contributed by atoms with van der Waals surface area (Å²) in [5, 5.41) is 18.9. The number of carbonyl (C=O) groups excluding carboxylic acids is 1. The number of hydrogen-bond donors (Lipinski definition) is 3. The average Bonchev–Trinajstić information content (AvgIpc) is 2.89. The third-order valence-electron chi connectivity index (χ3n) is 4.20. The maximum atomic E-state index is 11.8. The fourth-order valence-electron chi connectivity index (χ4n) is 2.75. The zero-order chi connectivity index (χ0) is 15.3. The van der Waals surface area contributed by atoms with Gasteiger partial charge in [0.1, 0.15) is 0 Å². The zero-order valence-corrected chi connectivity index (χ0v) is 12.3. The Morgan fingerprint density at radius 2 is 2.05 bits per heavy atom. The van der Waals surface area contributed by atoms with Crippen LogP contribution in [0.2, 0.25) is 0 Å². The summed E-state index contributed by atoms with van der Waals surface area (Å²) < 4.78 is 1.68. The molecule has 7 heteroatoms. The van der Waals surface area contributed by atoms with Crippen LogP contribution in [-0.2, 0) is 18.4 Å². The van der Waals surface area contributed by atoms with Crippen molar-refractivity contribution in [1.29, 1.82) is 0 Å². The summed E-state index contributed by atoms with van der Waals surface area (Å²) in [4.78, 5) is 23.3. The molecule has 1 heterocycles. The van der Waals surface area contributed by atoms with Gasteiger partial charge in [-0.05, 0) is 18.9 Å². The molecule has 1 aromatic rings. The number of hydrogen-bond acceptors (Lipinski definition) is 3. The zero-order valence-electron chi connectivity index (χ0n) is 12.3. The van der Waals surface area contributed by atoms with Crippen LogP contribution >= 0.6 is 0 Å². The number of aliphatic carboxylic acids is 1. The molecule has 116 valence electrons. The van der Waals surface area contributed by atoms with Gasteiger partial charge in [0.2, 0.25) is 0 Å². The summed E-state index contributed by atoms with van der Waals surface area (Å²) in [5.41, 5.74) is 0.0815. The molecule has 1 aromatic heterocycles. The van der Waals surface area contributed by atoms with Gasteiger partial charge in [-0.1, -0.05) is 19.3 Å². The maximum Gasteiger partial charge on any atom is 0.315 e. The van der Waals surface area contributed by atoms with E-state index >= 15 is 0 Å². The van der Waals surface area contributed by atoms with Crippen molar-refractivity contribution in [3.05, 3.63) is 18.0 Å². The standard InChI is InChI=1S/C14H22N4O3/c1-18-11(5-8-17-18)9-15-13(21)16-10-14(12(19)20)6-3-2-4-7-14/h5,8H,2-4,6-7,9-10H2,1H3,(H,19,20)(H2,15,16,21). The topological polar surface area (TPSA) is 96.3 Å². The Balaban J connectivity index is 1.82. The predicted molar refractivity (Wildman–Crippen MR) is 76.6 cm³/mol. The van der Waals surface area contributed by atoms with Crippen molar-refractivity contribution in [3.63, 3.8) is 0 Å². The smallest absolute Gasteiger partial charge is 0.315 e. The predicted octanol–water partition coefficient (Wildman–Crippen LogP) is 1.25. The van der Waals surface area contributed by atoms with Gasteiger partial charge in [0.15, 0.2) is 0 Å². The van der Waals surface area contributed by atoms with Crippen LogP contribution in [0.4, 0.5) is 4.79 Å². The highest BCUT2D eigenvalue weighted by molar-refractivity contribution is 5.78. The molecule has 0 bridgehead atoms.